The van der Waals surface area contributed by atoms with Crippen LogP contribution in [-0.2, 0) is 9.53 Å². The van der Waals surface area contributed by atoms with Gasteiger partial charge < -0.3 is 15.8 Å². The summed E-state index contributed by atoms with van der Waals surface area (Å²) in [6.45, 7) is 5.72. The maximum Gasteiger partial charge on any atom is 0.221 e. The Balaban J connectivity index is 2.13. The monoisotopic (exact) mass is 271 g/mol. The van der Waals surface area contributed by atoms with E-state index in [4.69, 9.17) is 10.5 Å². The molecular weight excluding hydrogens is 242 g/mol. The van der Waals surface area contributed by atoms with Gasteiger partial charge in [0.15, 0.2) is 0 Å². The van der Waals surface area contributed by atoms with Crippen LogP contribution in [0.4, 0.5) is 0 Å². The lowest BCUT2D eigenvalue weighted by atomic mass is 10.1. The highest BCUT2D eigenvalue weighted by Gasteiger charge is 2.21. The van der Waals surface area contributed by atoms with Crippen LogP contribution in [0.25, 0.3) is 0 Å². The minimum absolute atomic E-state index is 0.0862. The zero-order chi connectivity index (χ0) is 14.1. The molecule has 0 radical (unpaired) electrons. The Labute approximate surface area is 116 Å². The van der Waals surface area contributed by atoms with Gasteiger partial charge in [0.05, 0.1) is 6.61 Å². The van der Waals surface area contributed by atoms with E-state index in [0.717, 1.165) is 38.6 Å². The van der Waals surface area contributed by atoms with E-state index in [1.165, 1.54) is 12.8 Å². The first-order chi connectivity index (χ1) is 9.17. The van der Waals surface area contributed by atoms with Crippen LogP contribution in [0, 0.1) is 5.92 Å². The Kier molecular flexibility index (Phi) is 8.02. The molecule has 0 heterocycles. The molecule has 0 aromatic heterocycles. The van der Waals surface area contributed by atoms with Gasteiger partial charge in [0, 0.05) is 38.7 Å². The number of rotatable bonds is 11. The summed E-state index contributed by atoms with van der Waals surface area (Å²) in [5, 5.41) is 2.89. The van der Waals surface area contributed by atoms with Crippen LogP contribution >= 0.6 is 0 Å². The number of likely N-dealkylation sites (N-methyl/N-ethyl adjacent to an activating group) is 1. The lowest BCUT2D eigenvalue weighted by Gasteiger charge is -2.26. The van der Waals surface area contributed by atoms with Crippen molar-refractivity contribution in [2.45, 2.75) is 38.6 Å². The molecular formula is C14H29N3O2. The largest absolute Gasteiger partial charge is 0.380 e. The van der Waals surface area contributed by atoms with Crippen LogP contribution in [0.1, 0.15) is 32.6 Å². The second-order valence-electron chi connectivity index (χ2n) is 5.44. The predicted molar refractivity (Wildman–Crippen MR) is 76.9 cm³/mol. The van der Waals surface area contributed by atoms with Crippen LogP contribution in [0.3, 0.4) is 0 Å². The highest BCUT2D eigenvalue weighted by Crippen LogP contribution is 2.28. The van der Waals surface area contributed by atoms with Gasteiger partial charge in [-0.15, -0.1) is 0 Å². The van der Waals surface area contributed by atoms with Gasteiger partial charge in [0.2, 0.25) is 5.91 Å². The van der Waals surface area contributed by atoms with Gasteiger partial charge in [-0.1, -0.05) is 6.92 Å². The summed E-state index contributed by atoms with van der Waals surface area (Å²) in [5.74, 6) is 0.887. The molecule has 1 fully saturated rings. The van der Waals surface area contributed by atoms with E-state index in [0.29, 0.717) is 13.0 Å². The molecule has 5 heteroatoms. The fourth-order valence-electron chi connectivity index (χ4n) is 1.90. The number of carbonyl (C=O) groups excluding carboxylic acids is 1. The molecule has 0 spiro atoms. The van der Waals surface area contributed by atoms with Crippen LogP contribution in [0.5, 0.6) is 0 Å². The zero-order valence-electron chi connectivity index (χ0n) is 12.4. The molecule has 1 aliphatic rings. The van der Waals surface area contributed by atoms with E-state index in [-0.39, 0.29) is 11.9 Å². The van der Waals surface area contributed by atoms with Crippen molar-refractivity contribution in [2.75, 3.05) is 39.9 Å². The highest BCUT2D eigenvalue weighted by atomic mass is 16.5. The molecule has 1 unspecified atom stereocenters. The maximum absolute atomic E-state index is 11.7. The van der Waals surface area contributed by atoms with E-state index in [9.17, 15) is 4.79 Å². The Morgan fingerprint density at radius 1 is 1.53 bits per heavy atom. The molecule has 0 aliphatic heterocycles. The van der Waals surface area contributed by atoms with Gasteiger partial charge in [-0.05, 0) is 32.2 Å². The summed E-state index contributed by atoms with van der Waals surface area (Å²) >= 11 is 0. The zero-order valence-corrected chi connectivity index (χ0v) is 12.4. The maximum atomic E-state index is 11.7. The molecule has 3 N–H and O–H groups in total. The third kappa shape index (κ3) is 7.50. The minimum Gasteiger partial charge on any atom is -0.380 e. The summed E-state index contributed by atoms with van der Waals surface area (Å²) in [6.07, 6.45) is 4.07. The number of carbonyl (C=O) groups is 1. The number of nitrogens with zero attached hydrogens (tertiary/aromatic N) is 1. The van der Waals surface area contributed by atoms with Crippen molar-refractivity contribution in [3.8, 4) is 0 Å². The van der Waals surface area contributed by atoms with Crippen molar-refractivity contribution in [2.24, 2.45) is 11.7 Å². The van der Waals surface area contributed by atoms with Crippen molar-refractivity contribution in [3.05, 3.63) is 0 Å². The lowest BCUT2D eigenvalue weighted by Crippen LogP contribution is -2.43. The molecule has 19 heavy (non-hydrogen) atoms. The fraction of sp³-hybridized carbons (Fsp3) is 0.929. The van der Waals surface area contributed by atoms with Crippen LogP contribution < -0.4 is 11.1 Å². The van der Waals surface area contributed by atoms with Gasteiger partial charge >= 0.3 is 0 Å². The predicted octanol–water partition coefficient (Wildman–Crippen LogP) is 0.588. The Hall–Kier alpha value is -0.650. The number of nitrogens with two attached hydrogens (primary N) is 1. The molecule has 1 aliphatic carbocycles. The summed E-state index contributed by atoms with van der Waals surface area (Å²) in [6, 6.07) is 0.0985. The van der Waals surface area contributed by atoms with E-state index < -0.39 is 0 Å². The average Bonchev–Trinajstić information content (AvgIpc) is 3.22. The van der Waals surface area contributed by atoms with Crippen LogP contribution in [0.2, 0.25) is 0 Å². The Morgan fingerprint density at radius 3 is 2.84 bits per heavy atom. The molecule has 0 bridgehead atoms. The van der Waals surface area contributed by atoms with Gasteiger partial charge in [-0.25, -0.2) is 0 Å². The second-order valence-corrected chi connectivity index (χ2v) is 5.44. The van der Waals surface area contributed by atoms with Crippen molar-refractivity contribution in [1.29, 1.82) is 0 Å². The van der Waals surface area contributed by atoms with E-state index in [1.807, 2.05) is 14.0 Å². The molecule has 0 aromatic carbocycles. The normalized spacial score (nSPS) is 16.6. The Bertz CT molecular complexity index is 257. The topological polar surface area (TPSA) is 67.6 Å². The van der Waals surface area contributed by atoms with Crippen molar-refractivity contribution in [1.82, 2.24) is 10.2 Å². The molecule has 5 nitrogen and oxygen atoms in total. The standard InChI is InChI=1S/C14H29N3O2/c1-3-6-16-14(18)9-13(10-15)17(2)7-8-19-11-12-4-5-12/h12-13H,3-11,15H2,1-2H3,(H,16,18). The van der Waals surface area contributed by atoms with Crippen molar-refractivity contribution < 1.29 is 9.53 Å². The third-order valence-corrected chi connectivity index (χ3v) is 3.53. The average molecular weight is 271 g/mol. The SMILES string of the molecule is CCCNC(=O)CC(CN)N(C)CCOCC1CC1. The number of hydrogen-bond donors (Lipinski definition) is 2. The van der Waals surface area contributed by atoms with E-state index in [1.54, 1.807) is 0 Å². The first-order valence-electron chi connectivity index (χ1n) is 7.42. The molecule has 0 aromatic rings. The second kappa shape index (κ2) is 9.28. The van der Waals surface area contributed by atoms with E-state index in [2.05, 4.69) is 10.2 Å². The third-order valence-electron chi connectivity index (χ3n) is 3.53. The summed E-state index contributed by atoms with van der Waals surface area (Å²) in [4.78, 5) is 13.8. The van der Waals surface area contributed by atoms with Crippen LogP contribution in [-0.4, -0.2) is 56.7 Å². The molecule has 1 amide bonds. The highest BCUT2D eigenvalue weighted by molar-refractivity contribution is 5.76. The molecule has 0 saturated heterocycles. The smallest absolute Gasteiger partial charge is 0.221 e. The number of amides is 1. The molecule has 112 valence electrons. The summed E-state index contributed by atoms with van der Waals surface area (Å²) in [7, 11) is 2.01. The summed E-state index contributed by atoms with van der Waals surface area (Å²) < 4.78 is 5.61. The number of hydrogen-bond acceptors (Lipinski definition) is 4. The van der Waals surface area contributed by atoms with Crippen molar-refractivity contribution >= 4 is 5.91 Å². The first kappa shape index (κ1) is 16.4. The van der Waals surface area contributed by atoms with Crippen molar-refractivity contribution in [3.63, 3.8) is 0 Å². The van der Waals surface area contributed by atoms with Crippen LogP contribution in [0.15, 0.2) is 0 Å². The fourth-order valence-corrected chi connectivity index (χ4v) is 1.90. The summed E-state index contributed by atoms with van der Waals surface area (Å²) in [5.41, 5.74) is 5.75. The van der Waals surface area contributed by atoms with Gasteiger partial charge in [0.25, 0.3) is 0 Å². The lowest BCUT2D eigenvalue weighted by molar-refractivity contribution is -0.122. The number of nitrogens with one attached hydrogen (secondary N) is 1. The molecule has 1 atom stereocenters. The minimum atomic E-state index is 0.0862. The molecule has 1 saturated carbocycles. The van der Waals surface area contributed by atoms with Gasteiger partial charge in [-0.3, -0.25) is 9.69 Å². The Morgan fingerprint density at radius 2 is 2.26 bits per heavy atom. The van der Waals surface area contributed by atoms with Gasteiger partial charge in [-0.2, -0.15) is 0 Å². The van der Waals surface area contributed by atoms with E-state index >= 15 is 0 Å². The quantitative estimate of drug-likeness (QED) is 0.540. The van der Waals surface area contributed by atoms with Gasteiger partial charge in [0.1, 0.15) is 0 Å². The first-order valence-corrected chi connectivity index (χ1v) is 7.42. The molecule has 1 rings (SSSR count). The number of ether oxygens (including phenoxy) is 1.